The summed E-state index contributed by atoms with van der Waals surface area (Å²) in [4.78, 5) is 12.9. The van der Waals surface area contributed by atoms with Gasteiger partial charge in [0.25, 0.3) is 0 Å². The predicted molar refractivity (Wildman–Crippen MR) is 77.9 cm³/mol. The first-order chi connectivity index (χ1) is 10.0. The van der Waals surface area contributed by atoms with E-state index in [0.29, 0.717) is 5.56 Å². The lowest BCUT2D eigenvalue weighted by Gasteiger charge is -2.00. The summed E-state index contributed by atoms with van der Waals surface area (Å²) in [6, 6.07) is 8.79. The average molecular weight is 308 g/mol. The van der Waals surface area contributed by atoms with Gasteiger partial charge in [0, 0.05) is 16.0 Å². The zero-order valence-corrected chi connectivity index (χ0v) is 11.9. The first-order valence-corrected chi connectivity index (χ1v) is 7.25. The zero-order valence-electron chi connectivity index (χ0n) is 11.1. The van der Waals surface area contributed by atoms with Gasteiger partial charge in [-0.25, -0.2) is 13.2 Å². The van der Waals surface area contributed by atoms with Gasteiger partial charge in [0.2, 0.25) is 0 Å². The third kappa shape index (κ3) is 3.55. The lowest BCUT2D eigenvalue weighted by Crippen LogP contribution is -1.96. The summed E-state index contributed by atoms with van der Waals surface area (Å²) in [5, 5.41) is 0. The first kappa shape index (κ1) is 15.4. The monoisotopic (exact) mass is 308 g/mol. The minimum absolute atomic E-state index is 0.178. The molecule has 0 aliphatic rings. The molecule has 0 spiro atoms. The SMILES string of the molecule is CSc1ccc(C(=O)/C=C/c2ccc(F)c(F)c2F)cc1. The summed E-state index contributed by atoms with van der Waals surface area (Å²) >= 11 is 1.55. The highest BCUT2D eigenvalue weighted by Gasteiger charge is 2.11. The molecule has 0 N–H and O–H groups in total. The highest BCUT2D eigenvalue weighted by Crippen LogP contribution is 2.18. The van der Waals surface area contributed by atoms with Crippen molar-refractivity contribution in [2.45, 2.75) is 4.90 Å². The molecule has 0 aromatic heterocycles. The van der Waals surface area contributed by atoms with Gasteiger partial charge in [0.1, 0.15) is 0 Å². The summed E-state index contributed by atoms with van der Waals surface area (Å²) in [7, 11) is 0. The third-order valence-electron chi connectivity index (χ3n) is 2.85. The van der Waals surface area contributed by atoms with Crippen LogP contribution in [0.3, 0.4) is 0 Å². The molecule has 2 aromatic rings. The van der Waals surface area contributed by atoms with Gasteiger partial charge in [-0.1, -0.05) is 0 Å². The highest BCUT2D eigenvalue weighted by molar-refractivity contribution is 7.98. The molecule has 0 aliphatic carbocycles. The number of allylic oxidation sites excluding steroid dienone is 1. The van der Waals surface area contributed by atoms with Crippen LogP contribution < -0.4 is 0 Å². The molecule has 2 aromatic carbocycles. The van der Waals surface area contributed by atoms with Gasteiger partial charge in [-0.15, -0.1) is 11.8 Å². The zero-order chi connectivity index (χ0) is 15.4. The summed E-state index contributed by atoms with van der Waals surface area (Å²) < 4.78 is 39.3. The Morgan fingerprint density at radius 1 is 1.00 bits per heavy atom. The Hall–Kier alpha value is -2.01. The van der Waals surface area contributed by atoms with Gasteiger partial charge in [-0.05, 0) is 54.8 Å². The lowest BCUT2D eigenvalue weighted by atomic mass is 10.1. The fourth-order valence-corrected chi connectivity index (χ4v) is 2.09. The topological polar surface area (TPSA) is 17.1 Å². The van der Waals surface area contributed by atoms with Crippen molar-refractivity contribution in [2.24, 2.45) is 0 Å². The fourth-order valence-electron chi connectivity index (χ4n) is 1.69. The van der Waals surface area contributed by atoms with Crippen LogP contribution in [-0.2, 0) is 0 Å². The van der Waals surface area contributed by atoms with Crippen LogP contribution in [-0.4, -0.2) is 12.0 Å². The molecule has 21 heavy (non-hydrogen) atoms. The van der Waals surface area contributed by atoms with Crippen LogP contribution in [0.15, 0.2) is 47.4 Å². The van der Waals surface area contributed by atoms with Crippen LogP contribution in [0, 0.1) is 17.5 Å². The molecular formula is C16H11F3OS. The van der Waals surface area contributed by atoms with Crippen LogP contribution >= 0.6 is 11.8 Å². The molecule has 0 saturated heterocycles. The average Bonchev–Trinajstić information content (AvgIpc) is 2.52. The Kier molecular flexibility index (Phi) is 4.85. The second-order valence-corrected chi connectivity index (χ2v) is 5.07. The molecule has 1 nitrogen and oxygen atoms in total. The van der Waals surface area contributed by atoms with Crippen molar-refractivity contribution < 1.29 is 18.0 Å². The number of halogens is 3. The number of thioether (sulfide) groups is 1. The van der Waals surface area contributed by atoms with E-state index in [-0.39, 0.29) is 11.3 Å². The second-order valence-electron chi connectivity index (χ2n) is 4.19. The van der Waals surface area contributed by atoms with Crippen LogP contribution in [0.5, 0.6) is 0 Å². The van der Waals surface area contributed by atoms with Crippen molar-refractivity contribution in [3.63, 3.8) is 0 Å². The number of carbonyl (C=O) groups is 1. The van der Waals surface area contributed by atoms with Crippen molar-refractivity contribution >= 4 is 23.6 Å². The van der Waals surface area contributed by atoms with E-state index in [9.17, 15) is 18.0 Å². The number of rotatable bonds is 4. The predicted octanol–water partition coefficient (Wildman–Crippen LogP) is 4.72. The minimum Gasteiger partial charge on any atom is -0.289 e. The smallest absolute Gasteiger partial charge is 0.195 e. The van der Waals surface area contributed by atoms with Crippen molar-refractivity contribution in [2.75, 3.05) is 6.26 Å². The Balaban J connectivity index is 2.20. The number of ketones is 1. The van der Waals surface area contributed by atoms with Crippen molar-refractivity contribution in [1.29, 1.82) is 0 Å². The maximum Gasteiger partial charge on any atom is 0.195 e. The van der Waals surface area contributed by atoms with Gasteiger partial charge < -0.3 is 0 Å². The van der Waals surface area contributed by atoms with E-state index in [4.69, 9.17) is 0 Å². The molecule has 0 saturated carbocycles. The third-order valence-corrected chi connectivity index (χ3v) is 3.60. The largest absolute Gasteiger partial charge is 0.289 e. The molecule has 0 amide bonds. The van der Waals surface area contributed by atoms with E-state index in [1.165, 1.54) is 0 Å². The molecule has 0 unspecified atom stereocenters. The molecular weight excluding hydrogens is 297 g/mol. The molecule has 0 aliphatic heterocycles. The van der Waals surface area contributed by atoms with Crippen LogP contribution in [0.4, 0.5) is 13.2 Å². The van der Waals surface area contributed by atoms with E-state index in [1.54, 1.807) is 36.0 Å². The van der Waals surface area contributed by atoms with E-state index in [2.05, 4.69) is 0 Å². The summed E-state index contributed by atoms with van der Waals surface area (Å²) in [6.07, 6.45) is 4.18. The van der Waals surface area contributed by atoms with Gasteiger partial charge in [-0.3, -0.25) is 4.79 Å². The van der Waals surface area contributed by atoms with Gasteiger partial charge >= 0.3 is 0 Å². The number of carbonyl (C=O) groups excluding carboxylic acids is 1. The van der Waals surface area contributed by atoms with E-state index < -0.39 is 17.5 Å². The number of hydrogen-bond donors (Lipinski definition) is 0. The standard InChI is InChI=1S/C16H11F3OS/c1-21-12-6-2-10(3-7-12)14(20)9-5-11-4-8-13(17)16(19)15(11)18/h2-9H,1H3/b9-5+. The normalized spacial score (nSPS) is 11.0. The Morgan fingerprint density at radius 3 is 2.29 bits per heavy atom. The molecule has 0 fully saturated rings. The quantitative estimate of drug-likeness (QED) is 0.352. The van der Waals surface area contributed by atoms with E-state index in [1.807, 2.05) is 6.26 Å². The van der Waals surface area contributed by atoms with E-state index >= 15 is 0 Å². The molecule has 2 rings (SSSR count). The highest BCUT2D eigenvalue weighted by atomic mass is 32.2. The summed E-state index contributed by atoms with van der Waals surface area (Å²) in [5.41, 5.74) is 0.259. The molecule has 0 bridgehead atoms. The number of hydrogen-bond acceptors (Lipinski definition) is 2. The minimum atomic E-state index is -1.55. The molecule has 5 heteroatoms. The molecule has 0 heterocycles. The van der Waals surface area contributed by atoms with Gasteiger partial charge in [0.15, 0.2) is 23.2 Å². The first-order valence-electron chi connectivity index (χ1n) is 6.03. The maximum absolute atomic E-state index is 13.4. The van der Waals surface area contributed by atoms with Crippen molar-refractivity contribution in [3.8, 4) is 0 Å². The van der Waals surface area contributed by atoms with Crippen molar-refractivity contribution in [1.82, 2.24) is 0 Å². The van der Waals surface area contributed by atoms with Crippen LogP contribution in [0.1, 0.15) is 15.9 Å². The van der Waals surface area contributed by atoms with Crippen LogP contribution in [0.25, 0.3) is 6.08 Å². The van der Waals surface area contributed by atoms with Crippen molar-refractivity contribution in [3.05, 3.63) is 71.1 Å². The fraction of sp³-hybridized carbons (Fsp3) is 0.0625. The van der Waals surface area contributed by atoms with Gasteiger partial charge in [0.05, 0.1) is 0 Å². The number of benzene rings is 2. The Bertz CT molecular complexity index is 693. The second kappa shape index (κ2) is 6.63. The Labute approximate surface area is 124 Å². The molecule has 0 atom stereocenters. The lowest BCUT2D eigenvalue weighted by molar-refractivity contribution is 0.104. The van der Waals surface area contributed by atoms with E-state index in [0.717, 1.165) is 29.2 Å². The van der Waals surface area contributed by atoms with Gasteiger partial charge in [-0.2, -0.15) is 0 Å². The summed E-state index contributed by atoms with van der Waals surface area (Å²) in [6.45, 7) is 0. The Morgan fingerprint density at radius 2 is 1.67 bits per heavy atom. The van der Waals surface area contributed by atoms with Crippen LogP contribution in [0.2, 0.25) is 0 Å². The molecule has 0 radical (unpaired) electrons. The maximum atomic E-state index is 13.4. The molecule has 108 valence electrons. The summed E-state index contributed by atoms with van der Waals surface area (Å²) in [5.74, 6) is -4.46.